The van der Waals surface area contributed by atoms with Crippen molar-refractivity contribution in [1.29, 1.82) is 0 Å². The molecule has 0 aliphatic heterocycles. The van der Waals surface area contributed by atoms with E-state index in [1.54, 1.807) is 0 Å². The van der Waals surface area contributed by atoms with Gasteiger partial charge in [-0.25, -0.2) is 0 Å². The second kappa shape index (κ2) is 12.9. The smallest absolute Gasteiger partial charge is 0.0571 e. The van der Waals surface area contributed by atoms with E-state index in [1.165, 1.54) is 122 Å². The number of hydrogen-bond donors (Lipinski definition) is 2. The summed E-state index contributed by atoms with van der Waals surface area (Å²) in [7, 11) is 0. The van der Waals surface area contributed by atoms with Gasteiger partial charge in [-0.05, 0) is 92.3 Å². The predicted octanol–water partition coefficient (Wildman–Crippen LogP) is 8.68. The van der Waals surface area contributed by atoms with Crippen LogP contribution in [0.5, 0.6) is 0 Å². The maximum atomic E-state index is 11.1. The van der Waals surface area contributed by atoms with Gasteiger partial charge in [0.15, 0.2) is 0 Å². The molecule has 6 atom stereocenters. The number of aliphatic hydroxyl groups is 2. The molecule has 0 aromatic carbocycles. The molecular formula is C32H58O2. The van der Waals surface area contributed by atoms with Crippen molar-refractivity contribution in [2.75, 3.05) is 0 Å². The summed E-state index contributed by atoms with van der Waals surface area (Å²) >= 11 is 0. The third kappa shape index (κ3) is 6.07. The van der Waals surface area contributed by atoms with Gasteiger partial charge in [0.1, 0.15) is 0 Å². The number of rotatable bonds is 9. The Morgan fingerprint density at radius 1 is 0.588 bits per heavy atom. The van der Waals surface area contributed by atoms with Gasteiger partial charge in [0.2, 0.25) is 0 Å². The van der Waals surface area contributed by atoms with Crippen molar-refractivity contribution in [1.82, 2.24) is 0 Å². The first-order chi connectivity index (χ1) is 16.6. The Balaban J connectivity index is 1.54. The quantitative estimate of drug-likeness (QED) is 0.328. The summed E-state index contributed by atoms with van der Waals surface area (Å²) in [6.45, 7) is 4.85. The third-order valence-electron chi connectivity index (χ3n) is 11.8. The molecule has 0 saturated heterocycles. The molecule has 4 fully saturated rings. The second-order valence-corrected chi connectivity index (χ2v) is 13.3. The van der Waals surface area contributed by atoms with E-state index < -0.39 is 0 Å². The summed E-state index contributed by atoms with van der Waals surface area (Å²) in [5.41, 5.74) is 0.440. The standard InChI is InChI=1S/C32H58O2/c1-3-5-12-21-32(4-2,26-17-19-30(33)28(22-26)24-13-8-6-9-14-24)27-18-20-31(34)29(23-27)25-15-10-7-11-16-25/h24-31,33-34H,3-23H2,1-2H3. The minimum Gasteiger partial charge on any atom is -0.393 e. The molecule has 4 saturated carbocycles. The van der Waals surface area contributed by atoms with Crippen molar-refractivity contribution in [3.63, 3.8) is 0 Å². The lowest BCUT2D eigenvalue weighted by atomic mass is 9.51. The highest BCUT2D eigenvalue weighted by molar-refractivity contribution is 5.00. The Morgan fingerprint density at radius 2 is 1.06 bits per heavy atom. The SMILES string of the molecule is CCCCCC(CC)(C1CCC(O)C(C2CCCCC2)C1)C1CCC(O)C(C2CCCCC2)C1. The van der Waals surface area contributed by atoms with E-state index in [1.807, 2.05) is 0 Å². The second-order valence-electron chi connectivity index (χ2n) is 13.3. The van der Waals surface area contributed by atoms with Crippen LogP contribution >= 0.6 is 0 Å². The van der Waals surface area contributed by atoms with Gasteiger partial charge in [0, 0.05) is 0 Å². The van der Waals surface area contributed by atoms with Crippen LogP contribution in [0.2, 0.25) is 0 Å². The summed E-state index contributed by atoms with van der Waals surface area (Å²) in [5.74, 6) is 4.24. The number of hydrogen-bond acceptors (Lipinski definition) is 2. The van der Waals surface area contributed by atoms with Crippen LogP contribution in [-0.4, -0.2) is 22.4 Å². The molecule has 0 heterocycles. The van der Waals surface area contributed by atoms with Gasteiger partial charge in [0.25, 0.3) is 0 Å². The van der Waals surface area contributed by atoms with Crippen LogP contribution in [-0.2, 0) is 0 Å². The lowest BCUT2D eigenvalue weighted by molar-refractivity contribution is -0.0845. The molecule has 4 rings (SSSR count). The summed E-state index contributed by atoms with van der Waals surface area (Å²) in [6, 6.07) is 0. The molecule has 6 unspecified atom stereocenters. The van der Waals surface area contributed by atoms with Gasteiger partial charge in [-0.1, -0.05) is 97.3 Å². The average molecular weight is 475 g/mol. The molecule has 0 spiro atoms. The predicted molar refractivity (Wildman–Crippen MR) is 144 cm³/mol. The highest BCUT2D eigenvalue weighted by atomic mass is 16.3. The lowest BCUT2D eigenvalue weighted by Crippen LogP contribution is -2.48. The van der Waals surface area contributed by atoms with Gasteiger partial charge in [-0.15, -0.1) is 0 Å². The molecule has 4 aliphatic rings. The van der Waals surface area contributed by atoms with E-state index in [2.05, 4.69) is 13.8 Å². The van der Waals surface area contributed by atoms with E-state index in [9.17, 15) is 10.2 Å². The van der Waals surface area contributed by atoms with Crippen LogP contribution in [0.3, 0.4) is 0 Å². The summed E-state index contributed by atoms with van der Waals surface area (Å²) in [5, 5.41) is 22.2. The zero-order valence-corrected chi connectivity index (χ0v) is 22.9. The zero-order chi connectivity index (χ0) is 24.0. The lowest BCUT2D eigenvalue weighted by Gasteiger charge is -2.54. The molecule has 4 aliphatic carbocycles. The molecule has 34 heavy (non-hydrogen) atoms. The van der Waals surface area contributed by atoms with E-state index in [0.717, 1.165) is 36.5 Å². The first kappa shape index (κ1) is 27.0. The summed E-state index contributed by atoms with van der Waals surface area (Å²) < 4.78 is 0. The highest BCUT2D eigenvalue weighted by Crippen LogP contribution is 2.57. The van der Waals surface area contributed by atoms with Crippen LogP contribution in [0.4, 0.5) is 0 Å². The Morgan fingerprint density at radius 3 is 1.47 bits per heavy atom. The van der Waals surface area contributed by atoms with Crippen LogP contribution in [0, 0.1) is 40.9 Å². The first-order valence-corrected chi connectivity index (χ1v) is 15.9. The zero-order valence-electron chi connectivity index (χ0n) is 22.9. The van der Waals surface area contributed by atoms with Gasteiger partial charge in [-0.3, -0.25) is 0 Å². The van der Waals surface area contributed by atoms with Crippen LogP contribution in [0.15, 0.2) is 0 Å². The Kier molecular flexibility index (Phi) is 10.3. The first-order valence-electron chi connectivity index (χ1n) is 15.9. The summed E-state index contributed by atoms with van der Waals surface area (Å²) in [6.07, 6.45) is 27.6. The molecule has 2 N–H and O–H groups in total. The Labute approximate surface area is 212 Å². The van der Waals surface area contributed by atoms with Gasteiger partial charge in [0.05, 0.1) is 12.2 Å². The minimum absolute atomic E-state index is 0.0484. The topological polar surface area (TPSA) is 40.5 Å². The number of aliphatic hydroxyl groups excluding tert-OH is 2. The van der Waals surface area contributed by atoms with Gasteiger partial charge >= 0.3 is 0 Å². The van der Waals surface area contributed by atoms with Crippen molar-refractivity contribution in [3.05, 3.63) is 0 Å². The molecule has 0 aromatic heterocycles. The normalized spacial score (nSPS) is 38.5. The molecule has 2 heteroatoms. The van der Waals surface area contributed by atoms with E-state index >= 15 is 0 Å². The van der Waals surface area contributed by atoms with Crippen molar-refractivity contribution in [2.45, 2.75) is 161 Å². The molecular weight excluding hydrogens is 416 g/mol. The Bertz CT molecular complexity index is 534. The fourth-order valence-corrected chi connectivity index (χ4v) is 9.76. The van der Waals surface area contributed by atoms with Gasteiger partial charge in [-0.2, -0.15) is 0 Å². The highest BCUT2D eigenvalue weighted by Gasteiger charge is 2.50. The van der Waals surface area contributed by atoms with Crippen molar-refractivity contribution < 1.29 is 10.2 Å². The van der Waals surface area contributed by atoms with Crippen molar-refractivity contribution >= 4 is 0 Å². The Hall–Kier alpha value is -0.0800. The average Bonchev–Trinajstić information content (AvgIpc) is 2.89. The minimum atomic E-state index is -0.0484. The van der Waals surface area contributed by atoms with Crippen LogP contribution in [0.1, 0.15) is 149 Å². The van der Waals surface area contributed by atoms with Crippen molar-refractivity contribution in [2.24, 2.45) is 40.9 Å². The molecule has 2 nitrogen and oxygen atoms in total. The molecule has 0 radical (unpaired) electrons. The summed E-state index contributed by atoms with van der Waals surface area (Å²) in [4.78, 5) is 0. The molecule has 198 valence electrons. The van der Waals surface area contributed by atoms with E-state index in [-0.39, 0.29) is 12.2 Å². The fourth-order valence-electron chi connectivity index (χ4n) is 9.76. The number of unbranched alkanes of at least 4 members (excludes halogenated alkanes) is 2. The van der Waals surface area contributed by atoms with Crippen molar-refractivity contribution in [3.8, 4) is 0 Å². The third-order valence-corrected chi connectivity index (χ3v) is 11.8. The van der Waals surface area contributed by atoms with E-state index in [4.69, 9.17) is 0 Å². The molecule has 0 aromatic rings. The monoisotopic (exact) mass is 474 g/mol. The molecule has 0 amide bonds. The van der Waals surface area contributed by atoms with E-state index in [0.29, 0.717) is 17.3 Å². The van der Waals surface area contributed by atoms with Gasteiger partial charge < -0.3 is 10.2 Å². The maximum Gasteiger partial charge on any atom is 0.0571 e. The fraction of sp³-hybridized carbons (Fsp3) is 1.00. The van der Waals surface area contributed by atoms with Crippen LogP contribution in [0.25, 0.3) is 0 Å². The molecule has 0 bridgehead atoms. The maximum absolute atomic E-state index is 11.1. The largest absolute Gasteiger partial charge is 0.393 e. The van der Waals surface area contributed by atoms with Crippen LogP contribution < -0.4 is 0 Å².